The second-order valence-corrected chi connectivity index (χ2v) is 4.99. The molecule has 2 aromatic rings. The number of nitrogen functional groups attached to an aromatic ring is 1. The highest BCUT2D eigenvalue weighted by Gasteiger charge is 2.00. The molecule has 1 nitrogen and oxygen atoms in total. The van der Waals surface area contributed by atoms with Crippen LogP contribution in [-0.4, -0.2) is 0 Å². The van der Waals surface area contributed by atoms with Crippen LogP contribution in [0.4, 0.5) is 10.1 Å². The second kappa shape index (κ2) is 5.23. The molecular weight excluding hydrogens is 233 g/mol. The molecule has 2 rings (SSSR count). The zero-order valence-electron chi connectivity index (χ0n) is 9.61. The summed E-state index contributed by atoms with van der Waals surface area (Å²) in [5, 5.41) is 0. The fraction of sp³-hybridized carbons (Fsp3) is 0.143. The average Bonchev–Trinajstić information content (AvgIpc) is 2.31. The first kappa shape index (κ1) is 12.0. The maximum atomic E-state index is 13.0. The number of benzene rings is 2. The van der Waals surface area contributed by atoms with E-state index in [4.69, 9.17) is 5.73 Å². The van der Waals surface area contributed by atoms with Gasteiger partial charge < -0.3 is 5.73 Å². The highest BCUT2D eigenvalue weighted by atomic mass is 32.2. The van der Waals surface area contributed by atoms with E-state index in [-0.39, 0.29) is 5.82 Å². The van der Waals surface area contributed by atoms with Gasteiger partial charge in [0.05, 0.1) is 0 Å². The van der Waals surface area contributed by atoms with Gasteiger partial charge in [0.15, 0.2) is 0 Å². The number of thioether (sulfide) groups is 1. The lowest BCUT2D eigenvalue weighted by atomic mass is 10.2. The minimum atomic E-state index is -0.184. The van der Waals surface area contributed by atoms with Crippen LogP contribution in [0.15, 0.2) is 47.4 Å². The highest BCUT2D eigenvalue weighted by Crippen LogP contribution is 2.25. The van der Waals surface area contributed by atoms with Crippen LogP contribution in [0, 0.1) is 12.7 Å². The van der Waals surface area contributed by atoms with Crippen LogP contribution in [0.1, 0.15) is 11.1 Å². The zero-order valence-corrected chi connectivity index (χ0v) is 10.4. The monoisotopic (exact) mass is 247 g/mol. The van der Waals surface area contributed by atoms with Crippen LogP contribution < -0.4 is 5.73 Å². The molecule has 0 spiro atoms. The molecule has 0 fully saturated rings. The van der Waals surface area contributed by atoms with E-state index in [1.165, 1.54) is 6.07 Å². The van der Waals surface area contributed by atoms with Crippen molar-refractivity contribution >= 4 is 17.4 Å². The lowest BCUT2D eigenvalue weighted by Gasteiger charge is -2.05. The Morgan fingerprint density at radius 1 is 1.18 bits per heavy atom. The van der Waals surface area contributed by atoms with Gasteiger partial charge in [0, 0.05) is 16.3 Å². The summed E-state index contributed by atoms with van der Waals surface area (Å²) in [6.07, 6.45) is 0. The molecule has 17 heavy (non-hydrogen) atoms. The summed E-state index contributed by atoms with van der Waals surface area (Å²) in [5.74, 6) is 0.581. The smallest absolute Gasteiger partial charge is 0.123 e. The van der Waals surface area contributed by atoms with Crippen LogP contribution in [-0.2, 0) is 5.75 Å². The maximum Gasteiger partial charge on any atom is 0.123 e. The Labute approximate surface area is 105 Å². The number of hydrogen-bond acceptors (Lipinski definition) is 2. The van der Waals surface area contributed by atoms with Crippen molar-refractivity contribution in [2.45, 2.75) is 17.6 Å². The number of aryl methyl sites for hydroxylation is 1. The highest BCUT2D eigenvalue weighted by molar-refractivity contribution is 7.98. The topological polar surface area (TPSA) is 26.0 Å². The third kappa shape index (κ3) is 3.24. The van der Waals surface area contributed by atoms with Crippen LogP contribution in [0.2, 0.25) is 0 Å². The van der Waals surface area contributed by atoms with E-state index in [2.05, 4.69) is 6.07 Å². The number of hydrogen-bond donors (Lipinski definition) is 1. The molecule has 0 bridgehead atoms. The number of halogens is 1. The van der Waals surface area contributed by atoms with Crippen molar-refractivity contribution in [1.29, 1.82) is 0 Å². The Morgan fingerprint density at radius 2 is 2.00 bits per heavy atom. The second-order valence-electron chi connectivity index (χ2n) is 3.94. The van der Waals surface area contributed by atoms with Gasteiger partial charge in [-0.15, -0.1) is 11.8 Å². The predicted molar refractivity (Wildman–Crippen MR) is 71.6 cm³/mol. The molecule has 0 unspecified atom stereocenters. The van der Waals surface area contributed by atoms with Gasteiger partial charge in [0.2, 0.25) is 0 Å². The summed E-state index contributed by atoms with van der Waals surface area (Å²) in [7, 11) is 0. The van der Waals surface area contributed by atoms with Crippen LogP contribution in [0.3, 0.4) is 0 Å². The number of anilines is 1. The van der Waals surface area contributed by atoms with Crippen molar-refractivity contribution in [3.05, 3.63) is 59.4 Å². The maximum absolute atomic E-state index is 13.0. The van der Waals surface area contributed by atoms with Crippen molar-refractivity contribution in [2.24, 2.45) is 0 Å². The molecule has 0 saturated heterocycles. The largest absolute Gasteiger partial charge is 0.399 e. The van der Waals surface area contributed by atoms with Crippen molar-refractivity contribution in [3.8, 4) is 0 Å². The first-order valence-corrected chi connectivity index (χ1v) is 6.37. The van der Waals surface area contributed by atoms with Gasteiger partial charge in [-0.3, -0.25) is 0 Å². The standard InChI is InChI=1S/C14H14FNS/c1-10-7-13(5-6-14(10)16)17-9-11-3-2-4-12(15)8-11/h2-8H,9,16H2,1H3. The molecule has 0 aliphatic carbocycles. The van der Waals surface area contributed by atoms with Crippen LogP contribution in [0.5, 0.6) is 0 Å². The van der Waals surface area contributed by atoms with Gasteiger partial charge in [-0.05, 0) is 48.4 Å². The van der Waals surface area contributed by atoms with E-state index in [1.54, 1.807) is 23.9 Å². The van der Waals surface area contributed by atoms with E-state index in [0.29, 0.717) is 0 Å². The molecule has 0 saturated carbocycles. The Hall–Kier alpha value is -1.48. The third-order valence-corrected chi connectivity index (χ3v) is 3.60. The Kier molecular flexibility index (Phi) is 3.69. The van der Waals surface area contributed by atoms with Crippen LogP contribution in [0.25, 0.3) is 0 Å². The molecule has 3 heteroatoms. The molecular formula is C14H14FNS. The Balaban J connectivity index is 2.05. The third-order valence-electron chi connectivity index (χ3n) is 2.54. The van der Waals surface area contributed by atoms with E-state index < -0.39 is 0 Å². The minimum absolute atomic E-state index is 0.184. The van der Waals surface area contributed by atoms with E-state index in [1.807, 2.05) is 25.1 Å². The van der Waals surface area contributed by atoms with Gasteiger partial charge in [0.25, 0.3) is 0 Å². The van der Waals surface area contributed by atoms with Gasteiger partial charge >= 0.3 is 0 Å². The molecule has 0 amide bonds. The fourth-order valence-corrected chi connectivity index (χ4v) is 2.47. The molecule has 2 aromatic carbocycles. The van der Waals surface area contributed by atoms with Crippen molar-refractivity contribution < 1.29 is 4.39 Å². The van der Waals surface area contributed by atoms with Gasteiger partial charge in [-0.1, -0.05) is 12.1 Å². The fourth-order valence-electron chi connectivity index (χ4n) is 1.53. The van der Waals surface area contributed by atoms with Crippen LogP contribution >= 0.6 is 11.8 Å². The summed E-state index contributed by atoms with van der Waals surface area (Å²) in [6.45, 7) is 1.99. The van der Waals surface area contributed by atoms with Crippen molar-refractivity contribution in [1.82, 2.24) is 0 Å². The molecule has 0 aliphatic heterocycles. The molecule has 0 aromatic heterocycles. The average molecular weight is 247 g/mol. The molecule has 0 radical (unpaired) electrons. The summed E-state index contributed by atoms with van der Waals surface area (Å²) >= 11 is 1.68. The van der Waals surface area contributed by atoms with Gasteiger partial charge in [-0.25, -0.2) is 4.39 Å². The molecule has 0 aliphatic rings. The molecule has 0 heterocycles. The first-order valence-electron chi connectivity index (χ1n) is 5.38. The molecule has 88 valence electrons. The van der Waals surface area contributed by atoms with Gasteiger partial charge in [0.1, 0.15) is 5.82 Å². The SMILES string of the molecule is Cc1cc(SCc2cccc(F)c2)ccc1N. The zero-order chi connectivity index (χ0) is 12.3. The van der Waals surface area contributed by atoms with E-state index in [9.17, 15) is 4.39 Å². The number of nitrogens with two attached hydrogens (primary N) is 1. The quantitative estimate of drug-likeness (QED) is 0.655. The van der Waals surface area contributed by atoms with Crippen molar-refractivity contribution in [2.75, 3.05) is 5.73 Å². The summed E-state index contributed by atoms with van der Waals surface area (Å²) in [4.78, 5) is 1.15. The van der Waals surface area contributed by atoms with Crippen molar-refractivity contribution in [3.63, 3.8) is 0 Å². The predicted octanol–water partition coefficient (Wildman–Crippen LogP) is 4.01. The minimum Gasteiger partial charge on any atom is -0.399 e. The first-order chi connectivity index (χ1) is 8.15. The van der Waals surface area contributed by atoms with E-state index in [0.717, 1.165) is 27.5 Å². The summed E-state index contributed by atoms with van der Waals surface area (Å²) in [5.41, 5.74) is 8.63. The lowest BCUT2D eigenvalue weighted by Crippen LogP contribution is -1.89. The molecule has 2 N–H and O–H groups in total. The Bertz CT molecular complexity index is 525. The lowest BCUT2D eigenvalue weighted by molar-refractivity contribution is 0.626. The Morgan fingerprint density at radius 3 is 2.71 bits per heavy atom. The van der Waals surface area contributed by atoms with Gasteiger partial charge in [-0.2, -0.15) is 0 Å². The number of rotatable bonds is 3. The normalized spacial score (nSPS) is 10.5. The summed E-state index contributed by atoms with van der Waals surface area (Å²) < 4.78 is 13.0. The van der Waals surface area contributed by atoms with E-state index >= 15 is 0 Å². The molecule has 0 atom stereocenters. The summed E-state index contributed by atoms with van der Waals surface area (Å²) in [6, 6.07) is 12.6.